The SMILES string of the molecule is N#Cc1cccc(-c2nnc(C(=O)N[C@@H]3C[C@@H](CF)N(C#N)C3)o2)c1. The summed E-state index contributed by atoms with van der Waals surface area (Å²) in [5.74, 6) is -0.698. The topological polar surface area (TPSA) is 119 Å². The summed E-state index contributed by atoms with van der Waals surface area (Å²) in [4.78, 5) is 13.5. The molecular formula is C16H13FN6O2. The Bertz CT molecular complexity index is 868. The molecule has 0 radical (unpaired) electrons. The van der Waals surface area contributed by atoms with E-state index in [1.807, 2.05) is 12.3 Å². The second-order valence-corrected chi connectivity index (χ2v) is 5.57. The molecule has 9 heteroatoms. The van der Waals surface area contributed by atoms with E-state index in [-0.39, 0.29) is 24.4 Å². The van der Waals surface area contributed by atoms with Gasteiger partial charge in [0.2, 0.25) is 5.89 Å². The third kappa shape index (κ3) is 3.40. The Kier molecular flexibility index (Phi) is 4.57. The van der Waals surface area contributed by atoms with Gasteiger partial charge in [-0.25, -0.2) is 4.39 Å². The van der Waals surface area contributed by atoms with E-state index < -0.39 is 18.6 Å². The smallest absolute Gasteiger partial charge is 0.309 e. The number of carbonyl (C=O) groups excluding carboxylic acids is 1. The van der Waals surface area contributed by atoms with Crippen LogP contribution < -0.4 is 5.32 Å². The number of carbonyl (C=O) groups is 1. The second-order valence-electron chi connectivity index (χ2n) is 5.57. The van der Waals surface area contributed by atoms with Crippen LogP contribution in [0.4, 0.5) is 4.39 Å². The van der Waals surface area contributed by atoms with E-state index in [2.05, 4.69) is 15.5 Å². The summed E-state index contributed by atoms with van der Waals surface area (Å²) in [5, 5.41) is 28.0. The highest BCUT2D eigenvalue weighted by Gasteiger charge is 2.33. The Morgan fingerprint density at radius 3 is 2.96 bits per heavy atom. The number of aromatic nitrogens is 2. The van der Waals surface area contributed by atoms with Crippen molar-refractivity contribution in [1.29, 1.82) is 10.5 Å². The number of likely N-dealkylation sites (tertiary alicyclic amines) is 1. The first kappa shape index (κ1) is 16.4. The van der Waals surface area contributed by atoms with Crippen LogP contribution in [0.25, 0.3) is 11.5 Å². The maximum Gasteiger partial charge on any atom is 0.309 e. The third-order valence-corrected chi connectivity index (χ3v) is 3.91. The van der Waals surface area contributed by atoms with Crippen LogP contribution in [0.15, 0.2) is 28.7 Å². The lowest BCUT2D eigenvalue weighted by Crippen LogP contribution is -2.36. The number of alkyl halides is 1. The van der Waals surface area contributed by atoms with E-state index in [1.54, 1.807) is 24.3 Å². The van der Waals surface area contributed by atoms with Gasteiger partial charge in [-0.1, -0.05) is 6.07 Å². The lowest BCUT2D eigenvalue weighted by atomic mass is 10.1. The zero-order valence-corrected chi connectivity index (χ0v) is 13.0. The minimum atomic E-state index is -0.653. The Balaban J connectivity index is 1.69. The second kappa shape index (κ2) is 6.97. The molecule has 2 atom stereocenters. The molecule has 1 amide bonds. The number of nitrogens with one attached hydrogen (secondary N) is 1. The summed E-state index contributed by atoms with van der Waals surface area (Å²) in [6, 6.07) is 7.67. The summed E-state index contributed by atoms with van der Waals surface area (Å²) in [6.45, 7) is -0.415. The van der Waals surface area contributed by atoms with E-state index in [4.69, 9.17) is 14.9 Å². The predicted octanol–water partition coefficient (Wildman–Crippen LogP) is 1.23. The van der Waals surface area contributed by atoms with Crippen LogP contribution in [0.1, 0.15) is 22.7 Å². The number of rotatable bonds is 4. The average molecular weight is 340 g/mol. The molecule has 0 aliphatic carbocycles. The molecule has 1 aromatic carbocycles. The highest BCUT2D eigenvalue weighted by molar-refractivity contribution is 5.90. The van der Waals surface area contributed by atoms with Gasteiger partial charge in [-0.3, -0.25) is 4.79 Å². The Morgan fingerprint density at radius 1 is 1.44 bits per heavy atom. The molecule has 0 unspecified atom stereocenters. The Hall–Kier alpha value is -3.46. The van der Waals surface area contributed by atoms with Crippen LogP contribution in [0.3, 0.4) is 0 Å². The maximum atomic E-state index is 12.9. The summed E-state index contributed by atoms with van der Waals surface area (Å²) >= 11 is 0. The van der Waals surface area contributed by atoms with Crippen LogP contribution in [-0.2, 0) is 0 Å². The number of benzene rings is 1. The fraction of sp³-hybridized carbons (Fsp3) is 0.312. The summed E-state index contributed by atoms with van der Waals surface area (Å²) in [7, 11) is 0. The molecule has 0 spiro atoms. The number of nitriles is 2. The number of hydrogen-bond donors (Lipinski definition) is 1. The van der Waals surface area contributed by atoms with Gasteiger partial charge in [0.15, 0.2) is 6.19 Å². The first-order valence-corrected chi connectivity index (χ1v) is 7.52. The molecule has 1 fully saturated rings. The van der Waals surface area contributed by atoms with Crippen molar-refractivity contribution in [3.63, 3.8) is 0 Å². The normalized spacial score (nSPS) is 19.2. The number of halogens is 1. The fourth-order valence-electron chi connectivity index (χ4n) is 2.69. The van der Waals surface area contributed by atoms with E-state index in [1.165, 1.54) is 4.90 Å². The molecule has 1 saturated heterocycles. The third-order valence-electron chi connectivity index (χ3n) is 3.91. The summed E-state index contributed by atoms with van der Waals surface area (Å²) in [5.41, 5.74) is 0.959. The van der Waals surface area contributed by atoms with Gasteiger partial charge in [0.25, 0.3) is 0 Å². The quantitative estimate of drug-likeness (QED) is 0.831. The zero-order chi connectivity index (χ0) is 17.8. The monoisotopic (exact) mass is 340 g/mol. The highest BCUT2D eigenvalue weighted by Crippen LogP contribution is 2.20. The van der Waals surface area contributed by atoms with Crippen molar-refractivity contribution in [2.45, 2.75) is 18.5 Å². The molecule has 8 nitrogen and oxygen atoms in total. The van der Waals surface area contributed by atoms with Crippen molar-refractivity contribution in [2.75, 3.05) is 13.2 Å². The molecule has 126 valence electrons. The molecule has 1 N–H and O–H groups in total. The van der Waals surface area contributed by atoms with Gasteiger partial charge in [0.1, 0.15) is 6.67 Å². The van der Waals surface area contributed by atoms with Crippen LogP contribution in [0, 0.1) is 22.8 Å². The Morgan fingerprint density at radius 2 is 2.28 bits per heavy atom. The molecule has 25 heavy (non-hydrogen) atoms. The molecule has 1 aliphatic heterocycles. The minimum absolute atomic E-state index is 0.119. The van der Waals surface area contributed by atoms with Crippen molar-refractivity contribution in [1.82, 2.24) is 20.4 Å². The molecule has 1 aliphatic rings. The fourth-order valence-corrected chi connectivity index (χ4v) is 2.69. The van der Waals surface area contributed by atoms with Crippen LogP contribution in [0.2, 0.25) is 0 Å². The summed E-state index contributed by atoms with van der Waals surface area (Å²) < 4.78 is 18.2. The standard InChI is InChI=1S/C16H13FN6O2/c17-6-13-5-12(8-23(13)9-19)20-14(24)16-22-21-15(25-16)11-3-1-2-10(4-11)7-18/h1-4,12-13H,5-6,8H2,(H,20,24)/t12-,13+/m1/s1. The molecule has 1 aromatic heterocycles. The van der Waals surface area contributed by atoms with Gasteiger partial charge in [0.05, 0.1) is 17.7 Å². The molecular weight excluding hydrogens is 327 g/mol. The van der Waals surface area contributed by atoms with Gasteiger partial charge in [-0.05, 0) is 24.6 Å². The summed E-state index contributed by atoms with van der Waals surface area (Å²) in [6.07, 6.45) is 2.24. The van der Waals surface area contributed by atoms with E-state index >= 15 is 0 Å². The molecule has 0 saturated carbocycles. The van der Waals surface area contributed by atoms with Crippen molar-refractivity contribution >= 4 is 5.91 Å². The molecule has 2 aromatic rings. The molecule has 0 bridgehead atoms. The Labute approximate surface area is 142 Å². The highest BCUT2D eigenvalue weighted by atomic mass is 19.1. The zero-order valence-electron chi connectivity index (χ0n) is 13.0. The van der Waals surface area contributed by atoms with E-state index in [0.29, 0.717) is 17.5 Å². The first-order valence-electron chi connectivity index (χ1n) is 7.52. The maximum absolute atomic E-state index is 12.9. The molecule has 2 heterocycles. The lowest BCUT2D eigenvalue weighted by molar-refractivity contribution is 0.0904. The average Bonchev–Trinajstić information content (AvgIpc) is 3.28. The van der Waals surface area contributed by atoms with Crippen molar-refractivity contribution in [2.24, 2.45) is 0 Å². The van der Waals surface area contributed by atoms with Gasteiger partial charge >= 0.3 is 11.8 Å². The van der Waals surface area contributed by atoms with E-state index in [0.717, 1.165) is 0 Å². The van der Waals surface area contributed by atoms with Crippen LogP contribution in [0.5, 0.6) is 0 Å². The van der Waals surface area contributed by atoms with Gasteiger partial charge in [-0.2, -0.15) is 10.5 Å². The molecule has 3 rings (SSSR count). The lowest BCUT2D eigenvalue weighted by Gasteiger charge is -2.12. The number of hydrogen-bond acceptors (Lipinski definition) is 7. The van der Waals surface area contributed by atoms with E-state index in [9.17, 15) is 9.18 Å². The van der Waals surface area contributed by atoms with Crippen LogP contribution in [-0.4, -0.2) is 46.3 Å². The van der Waals surface area contributed by atoms with Crippen molar-refractivity contribution in [3.8, 4) is 23.7 Å². The largest absolute Gasteiger partial charge is 0.412 e. The first-order chi connectivity index (χ1) is 12.1. The number of amides is 1. The predicted molar refractivity (Wildman–Crippen MR) is 82.4 cm³/mol. The van der Waals surface area contributed by atoms with Crippen molar-refractivity contribution in [3.05, 3.63) is 35.7 Å². The van der Waals surface area contributed by atoms with Crippen molar-refractivity contribution < 1.29 is 13.6 Å². The van der Waals surface area contributed by atoms with Gasteiger partial charge in [0, 0.05) is 18.2 Å². The van der Waals surface area contributed by atoms with Gasteiger partial charge in [-0.15, -0.1) is 10.2 Å². The van der Waals surface area contributed by atoms with Crippen LogP contribution >= 0.6 is 0 Å². The number of nitrogens with zero attached hydrogens (tertiary/aromatic N) is 5. The minimum Gasteiger partial charge on any atom is -0.412 e. The van der Waals surface area contributed by atoms with Gasteiger partial charge < -0.3 is 14.6 Å².